The summed E-state index contributed by atoms with van der Waals surface area (Å²) >= 11 is 12.1. The SMILES string of the molecule is CCNC(=O)C(C)N(Cc1ccc(Cl)c(Cl)c1)C(=O)Cc1cc(C)ccc1C. The van der Waals surface area contributed by atoms with E-state index >= 15 is 0 Å². The summed E-state index contributed by atoms with van der Waals surface area (Å²) in [5.74, 6) is -0.296. The van der Waals surface area contributed by atoms with Gasteiger partial charge in [0.15, 0.2) is 0 Å². The second kappa shape index (κ2) is 9.94. The van der Waals surface area contributed by atoms with Crippen molar-refractivity contribution in [1.82, 2.24) is 10.2 Å². The maximum absolute atomic E-state index is 13.2. The molecule has 0 aromatic heterocycles. The highest BCUT2D eigenvalue weighted by Crippen LogP contribution is 2.24. The van der Waals surface area contributed by atoms with Crippen LogP contribution >= 0.6 is 23.2 Å². The van der Waals surface area contributed by atoms with Gasteiger partial charge in [0, 0.05) is 13.1 Å². The van der Waals surface area contributed by atoms with Gasteiger partial charge in [0.05, 0.1) is 16.5 Å². The van der Waals surface area contributed by atoms with Crippen LogP contribution in [-0.2, 0) is 22.6 Å². The Bertz CT molecular complexity index is 868. The molecule has 0 saturated carbocycles. The number of benzene rings is 2. The first-order valence-corrected chi connectivity index (χ1v) is 10.1. The molecule has 0 heterocycles. The van der Waals surface area contributed by atoms with Gasteiger partial charge in [0.2, 0.25) is 11.8 Å². The Hall–Kier alpha value is -2.04. The standard InChI is InChI=1S/C22H26Cl2N2O2/c1-5-25-22(28)16(4)26(13-17-8-9-19(23)20(24)11-17)21(27)12-18-10-14(2)6-7-15(18)3/h6-11,16H,5,12-13H2,1-4H3,(H,25,28). The molecule has 0 aliphatic carbocycles. The Balaban J connectivity index is 2.30. The van der Waals surface area contributed by atoms with Gasteiger partial charge in [-0.15, -0.1) is 0 Å². The van der Waals surface area contributed by atoms with Crippen LogP contribution in [0, 0.1) is 13.8 Å². The first-order valence-electron chi connectivity index (χ1n) is 9.30. The van der Waals surface area contributed by atoms with Crippen LogP contribution in [0.25, 0.3) is 0 Å². The highest BCUT2D eigenvalue weighted by Gasteiger charge is 2.26. The van der Waals surface area contributed by atoms with Crippen LogP contribution in [0.5, 0.6) is 0 Å². The van der Waals surface area contributed by atoms with Crippen molar-refractivity contribution in [3.05, 3.63) is 68.7 Å². The molecule has 1 N–H and O–H groups in total. The summed E-state index contributed by atoms with van der Waals surface area (Å²) in [7, 11) is 0. The van der Waals surface area contributed by atoms with Crippen molar-refractivity contribution in [2.75, 3.05) is 6.54 Å². The zero-order valence-electron chi connectivity index (χ0n) is 16.7. The van der Waals surface area contributed by atoms with Crippen molar-refractivity contribution in [1.29, 1.82) is 0 Å². The average Bonchev–Trinajstić information content (AvgIpc) is 2.65. The van der Waals surface area contributed by atoms with Gasteiger partial charge in [-0.25, -0.2) is 0 Å². The van der Waals surface area contributed by atoms with Crippen molar-refractivity contribution in [2.45, 2.75) is 46.7 Å². The fourth-order valence-electron chi connectivity index (χ4n) is 2.99. The predicted molar refractivity (Wildman–Crippen MR) is 115 cm³/mol. The Morgan fingerprint density at radius 2 is 1.79 bits per heavy atom. The lowest BCUT2D eigenvalue weighted by atomic mass is 10.0. The second-order valence-electron chi connectivity index (χ2n) is 6.95. The number of nitrogens with one attached hydrogen (secondary N) is 1. The fraction of sp³-hybridized carbons (Fsp3) is 0.364. The molecule has 0 fully saturated rings. The summed E-state index contributed by atoms with van der Waals surface area (Å²) in [5, 5.41) is 3.67. The molecule has 28 heavy (non-hydrogen) atoms. The summed E-state index contributed by atoms with van der Waals surface area (Å²) in [4.78, 5) is 27.2. The summed E-state index contributed by atoms with van der Waals surface area (Å²) in [6.07, 6.45) is 0.235. The molecule has 150 valence electrons. The maximum Gasteiger partial charge on any atom is 0.242 e. The van der Waals surface area contributed by atoms with Gasteiger partial charge in [-0.05, 0) is 56.5 Å². The number of rotatable bonds is 7. The number of halogens is 2. The van der Waals surface area contributed by atoms with Crippen LogP contribution in [0.3, 0.4) is 0 Å². The van der Waals surface area contributed by atoms with E-state index in [0.29, 0.717) is 16.6 Å². The molecule has 0 aliphatic heterocycles. The van der Waals surface area contributed by atoms with E-state index in [0.717, 1.165) is 22.3 Å². The van der Waals surface area contributed by atoms with Gasteiger partial charge in [0.1, 0.15) is 6.04 Å². The van der Waals surface area contributed by atoms with Crippen molar-refractivity contribution in [3.8, 4) is 0 Å². The summed E-state index contributed by atoms with van der Waals surface area (Å²) in [5.41, 5.74) is 3.94. The van der Waals surface area contributed by atoms with Crippen molar-refractivity contribution >= 4 is 35.0 Å². The van der Waals surface area contributed by atoms with Crippen LogP contribution in [0.2, 0.25) is 10.0 Å². The van der Waals surface area contributed by atoms with Gasteiger partial charge < -0.3 is 10.2 Å². The molecule has 0 radical (unpaired) electrons. The molecule has 0 bridgehead atoms. The smallest absolute Gasteiger partial charge is 0.242 e. The Morgan fingerprint density at radius 3 is 2.43 bits per heavy atom. The Morgan fingerprint density at radius 1 is 1.07 bits per heavy atom. The van der Waals surface area contributed by atoms with Crippen molar-refractivity contribution < 1.29 is 9.59 Å². The number of aryl methyl sites for hydroxylation is 2. The molecule has 1 unspecified atom stereocenters. The molecule has 6 heteroatoms. The number of nitrogens with zero attached hydrogens (tertiary/aromatic N) is 1. The highest BCUT2D eigenvalue weighted by atomic mass is 35.5. The lowest BCUT2D eigenvalue weighted by Gasteiger charge is -2.29. The van der Waals surface area contributed by atoms with E-state index in [1.807, 2.05) is 45.0 Å². The monoisotopic (exact) mass is 420 g/mol. The van der Waals surface area contributed by atoms with Gasteiger partial charge in [0.25, 0.3) is 0 Å². The third-order valence-corrected chi connectivity index (χ3v) is 5.44. The first-order chi connectivity index (χ1) is 13.2. The first kappa shape index (κ1) is 22.3. The number of hydrogen-bond acceptors (Lipinski definition) is 2. The molecule has 2 rings (SSSR count). The largest absolute Gasteiger partial charge is 0.355 e. The van der Waals surface area contributed by atoms with Crippen LogP contribution in [0.4, 0.5) is 0 Å². The third kappa shape index (κ3) is 5.73. The molecule has 2 aromatic rings. The molecule has 0 aliphatic rings. The number of carbonyl (C=O) groups excluding carboxylic acids is 2. The third-order valence-electron chi connectivity index (χ3n) is 4.70. The minimum Gasteiger partial charge on any atom is -0.355 e. The molecule has 1 atom stereocenters. The normalized spacial score (nSPS) is 11.8. The molecular weight excluding hydrogens is 395 g/mol. The average molecular weight is 421 g/mol. The van der Waals surface area contributed by atoms with E-state index in [1.165, 1.54) is 0 Å². The van der Waals surface area contributed by atoms with Crippen LogP contribution in [-0.4, -0.2) is 29.3 Å². The van der Waals surface area contributed by atoms with Crippen LogP contribution in [0.15, 0.2) is 36.4 Å². The Kier molecular flexibility index (Phi) is 7.90. The maximum atomic E-state index is 13.2. The lowest BCUT2D eigenvalue weighted by Crippen LogP contribution is -2.48. The number of carbonyl (C=O) groups is 2. The highest BCUT2D eigenvalue weighted by molar-refractivity contribution is 6.42. The zero-order valence-corrected chi connectivity index (χ0v) is 18.2. The van der Waals surface area contributed by atoms with E-state index in [2.05, 4.69) is 5.32 Å². The van der Waals surface area contributed by atoms with Crippen LogP contribution in [0.1, 0.15) is 36.1 Å². The van der Waals surface area contributed by atoms with E-state index in [4.69, 9.17) is 23.2 Å². The van der Waals surface area contributed by atoms with E-state index in [9.17, 15) is 9.59 Å². The minimum absolute atomic E-state index is 0.112. The van der Waals surface area contributed by atoms with Crippen LogP contribution < -0.4 is 5.32 Å². The topological polar surface area (TPSA) is 49.4 Å². The van der Waals surface area contributed by atoms with Gasteiger partial charge in [-0.3, -0.25) is 9.59 Å². The minimum atomic E-state index is -0.605. The molecule has 2 aromatic carbocycles. The second-order valence-corrected chi connectivity index (χ2v) is 7.76. The lowest BCUT2D eigenvalue weighted by molar-refractivity contribution is -0.140. The number of hydrogen-bond donors (Lipinski definition) is 1. The van der Waals surface area contributed by atoms with Gasteiger partial charge in [-0.2, -0.15) is 0 Å². The summed E-state index contributed by atoms with van der Waals surface area (Å²) in [6.45, 7) is 8.36. The number of likely N-dealkylation sites (N-methyl/N-ethyl adjacent to an activating group) is 1. The van der Waals surface area contributed by atoms with Gasteiger partial charge >= 0.3 is 0 Å². The molecular formula is C22H26Cl2N2O2. The molecule has 0 spiro atoms. The van der Waals surface area contributed by atoms with E-state index in [-0.39, 0.29) is 24.8 Å². The van der Waals surface area contributed by atoms with Crippen molar-refractivity contribution in [2.24, 2.45) is 0 Å². The molecule has 2 amide bonds. The molecule has 4 nitrogen and oxygen atoms in total. The van der Waals surface area contributed by atoms with Gasteiger partial charge in [-0.1, -0.05) is 53.0 Å². The summed E-state index contributed by atoms with van der Waals surface area (Å²) in [6, 6.07) is 10.7. The summed E-state index contributed by atoms with van der Waals surface area (Å²) < 4.78 is 0. The zero-order chi connectivity index (χ0) is 20.8. The number of amides is 2. The quantitative estimate of drug-likeness (QED) is 0.704. The van der Waals surface area contributed by atoms with E-state index in [1.54, 1.807) is 24.0 Å². The predicted octanol–water partition coefficient (Wildman–Crippen LogP) is 4.71. The van der Waals surface area contributed by atoms with Crippen molar-refractivity contribution in [3.63, 3.8) is 0 Å². The fourth-order valence-corrected chi connectivity index (χ4v) is 3.32. The van der Waals surface area contributed by atoms with E-state index < -0.39 is 6.04 Å². The Labute approximate surface area is 176 Å². The molecule has 0 saturated heterocycles.